The number of aliphatic hydroxyl groups is 3. The molecule has 5 N–H and O–H groups in total. The van der Waals surface area contributed by atoms with Crippen LogP contribution in [-0.4, -0.2) is 68.1 Å². The number of aromatic amines is 1. The molecule has 2 aromatic rings. The van der Waals surface area contributed by atoms with Crippen molar-refractivity contribution in [3.05, 3.63) is 36.0 Å². The molecule has 1 aromatic carbocycles. The number of ether oxygens (including phenoxy) is 2. The minimum atomic E-state index is -1.84. The number of carbonyl (C=O) groups excluding carboxylic acids is 1. The van der Waals surface area contributed by atoms with E-state index < -0.39 is 42.6 Å². The number of aliphatic hydroxyl groups excluding tert-OH is 3. The summed E-state index contributed by atoms with van der Waals surface area (Å²) in [7, 11) is 0. The molecule has 134 valence electrons. The highest BCUT2D eigenvalue weighted by Crippen LogP contribution is 2.24. The van der Waals surface area contributed by atoms with Gasteiger partial charge < -0.3 is 34.9 Å². The van der Waals surface area contributed by atoms with Gasteiger partial charge in [0.25, 0.3) is 0 Å². The number of aliphatic carboxylic acids is 1. The Morgan fingerprint density at radius 3 is 2.56 bits per heavy atom. The molecule has 0 saturated carbocycles. The Labute approximate surface area is 141 Å². The van der Waals surface area contributed by atoms with Gasteiger partial charge in [-0.15, -0.1) is 0 Å². The fraction of sp³-hybridized carbons (Fsp3) is 0.375. The van der Waals surface area contributed by atoms with Crippen molar-refractivity contribution in [1.29, 1.82) is 0 Å². The number of carboxylic acid groups (broad SMARTS) is 1. The highest BCUT2D eigenvalue weighted by molar-refractivity contribution is 5.87. The molecule has 1 fully saturated rings. The Morgan fingerprint density at radius 2 is 1.84 bits per heavy atom. The molecule has 0 spiro atoms. The molecule has 5 atom stereocenters. The van der Waals surface area contributed by atoms with E-state index in [1.165, 1.54) is 0 Å². The zero-order valence-electron chi connectivity index (χ0n) is 12.9. The second-order valence-corrected chi connectivity index (χ2v) is 5.76. The summed E-state index contributed by atoms with van der Waals surface area (Å²) in [5.74, 6) is -2.32. The lowest BCUT2D eigenvalue weighted by molar-refractivity contribution is -0.286. The lowest BCUT2D eigenvalue weighted by atomic mass is 9.99. The number of aromatic nitrogens is 1. The highest BCUT2D eigenvalue weighted by atomic mass is 16.7. The summed E-state index contributed by atoms with van der Waals surface area (Å²) in [5.41, 5.74) is 1.49. The zero-order chi connectivity index (χ0) is 18.1. The third-order valence-corrected chi connectivity index (χ3v) is 4.07. The number of nitrogens with one attached hydrogen (secondary N) is 1. The van der Waals surface area contributed by atoms with Crippen LogP contribution in [0.1, 0.15) is 5.56 Å². The maximum atomic E-state index is 12.1. The van der Waals surface area contributed by atoms with Crippen LogP contribution in [0.25, 0.3) is 10.9 Å². The minimum absolute atomic E-state index is 0.146. The van der Waals surface area contributed by atoms with E-state index in [4.69, 9.17) is 14.6 Å². The first-order valence-corrected chi connectivity index (χ1v) is 7.55. The van der Waals surface area contributed by atoms with Gasteiger partial charge in [0, 0.05) is 17.1 Å². The van der Waals surface area contributed by atoms with Crippen LogP contribution >= 0.6 is 0 Å². The van der Waals surface area contributed by atoms with E-state index in [9.17, 15) is 24.9 Å². The van der Waals surface area contributed by atoms with Gasteiger partial charge in [0.05, 0.1) is 6.42 Å². The average molecular weight is 351 g/mol. The van der Waals surface area contributed by atoms with Crippen molar-refractivity contribution in [2.75, 3.05) is 0 Å². The van der Waals surface area contributed by atoms with Gasteiger partial charge in [-0.1, -0.05) is 18.2 Å². The first-order valence-electron chi connectivity index (χ1n) is 7.55. The van der Waals surface area contributed by atoms with Crippen LogP contribution in [0.5, 0.6) is 0 Å². The maximum Gasteiger partial charge on any atom is 0.335 e. The normalized spacial score (nSPS) is 29.5. The summed E-state index contributed by atoms with van der Waals surface area (Å²) >= 11 is 0. The minimum Gasteiger partial charge on any atom is -0.479 e. The molecule has 0 radical (unpaired) electrons. The summed E-state index contributed by atoms with van der Waals surface area (Å²) in [5, 5.41) is 38.9. The predicted octanol–water partition coefficient (Wildman–Crippen LogP) is -0.854. The topological polar surface area (TPSA) is 149 Å². The molecule has 2 heterocycles. The van der Waals surface area contributed by atoms with E-state index in [1.807, 2.05) is 24.3 Å². The first kappa shape index (κ1) is 17.4. The summed E-state index contributed by atoms with van der Waals surface area (Å²) < 4.78 is 9.88. The number of hydrogen-bond donors (Lipinski definition) is 5. The lowest BCUT2D eigenvalue weighted by Gasteiger charge is -2.37. The van der Waals surface area contributed by atoms with Gasteiger partial charge in [-0.3, -0.25) is 4.79 Å². The van der Waals surface area contributed by atoms with E-state index in [2.05, 4.69) is 4.98 Å². The van der Waals surface area contributed by atoms with Crippen LogP contribution in [0.4, 0.5) is 0 Å². The van der Waals surface area contributed by atoms with Crippen LogP contribution in [-0.2, 0) is 25.5 Å². The van der Waals surface area contributed by atoms with Gasteiger partial charge in [-0.05, 0) is 11.6 Å². The molecular formula is C16H17NO8. The van der Waals surface area contributed by atoms with Gasteiger partial charge in [0.1, 0.15) is 18.3 Å². The van der Waals surface area contributed by atoms with Crippen molar-refractivity contribution >= 4 is 22.8 Å². The maximum absolute atomic E-state index is 12.1. The monoisotopic (exact) mass is 351 g/mol. The summed E-state index contributed by atoms with van der Waals surface area (Å²) in [4.78, 5) is 26.1. The van der Waals surface area contributed by atoms with Crippen LogP contribution in [0.2, 0.25) is 0 Å². The number of hydrogen-bond acceptors (Lipinski definition) is 7. The van der Waals surface area contributed by atoms with Gasteiger partial charge >= 0.3 is 11.9 Å². The summed E-state index contributed by atoms with van der Waals surface area (Å²) in [6, 6.07) is 7.31. The molecule has 1 aliphatic heterocycles. The molecule has 0 aliphatic carbocycles. The van der Waals surface area contributed by atoms with Crippen LogP contribution in [0, 0.1) is 0 Å². The lowest BCUT2D eigenvalue weighted by Crippen LogP contribution is -2.60. The molecule has 0 unspecified atom stereocenters. The molecule has 1 saturated heterocycles. The first-order chi connectivity index (χ1) is 11.9. The number of carboxylic acids is 1. The molecular weight excluding hydrogens is 334 g/mol. The number of fused-ring (bicyclic) bond motifs is 1. The number of H-pyrrole nitrogens is 1. The smallest absolute Gasteiger partial charge is 0.335 e. The Hall–Kier alpha value is -2.46. The summed E-state index contributed by atoms with van der Waals surface area (Å²) in [6.45, 7) is 0. The molecule has 0 bridgehead atoms. The third kappa shape index (κ3) is 3.35. The Balaban J connectivity index is 1.70. The molecule has 1 aliphatic rings. The van der Waals surface area contributed by atoms with E-state index >= 15 is 0 Å². The van der Waals surface area contributed by atoms with Crippen molar-refractivity contribution in [1.82, 2.24) is 4.98 Å². The van der Waals surface area contributed by atoms with Crippen molar-refractivity contribution in [2.24, 2.45) is 0 Å². The standard InChI is InChI=1S/C16H17NO8/c18-10(5-7-6-17-9-4-2-1-3-8(7)9)24-16-13(21)11(19)12(20)14(25-16)15(22)23/h1-4,6,11-14,16-17,19-21H,5H2,(H,22,23)/t11-,12-,13+,14-,16+/m0/s1. The van der Waals surface area contributed by atoms with E-state index in [0.717, 1.165) is 10.9 Å². The van der Waals surface area contributed by atoms with Crippen molar-refractivity contribution in [3.8, 4) is 0 Å². The fourth-order valence-electron chi connectivity index (χ4n) is 2.75. The fourth-order valence-corrected chi connectivity index (χ4v) is 2.75. The molecule has 1 aromatic heterocycles. The average Bonchev–Trinajstić information content (AvgIpc) is 2.98. The molecule has 0 amide bonds. The number of rotatable bonds is 4. The van der Waals surface area contributed by atoms with Crippen LogP contribution < -0.4 is 0 Å². The second kappa shape index (κ2) is 6.81. The number of esters is 1. The SMILES string of the molecule is O=C(Cc1c[nH]c2ccccc12)O[C@@H]1O[C@H](C(=O)O)[C@@H](O)[C@H](O)[C@H]1O. The number of benzene rings is 1. The highest BCUT2D eigenvalue weighted by Gasteiger charge is 2.48. The molecule has 3 rings (SSSR count). The van der Waals surface area contributed by atoms with Gasteiger partial charge in [-0.2, -0.15) is 0 Å². The van der Waals surface area contributed by atoms with Crippen molar-refractivity contribution in [2.45, 2.75) is 37.1 Å². The molecule has 25 heavy (non-hydrogen) atoms. The van der Waals surface area contributed by atoms with Crippen molar-refractivity contribution < 1.29 is 39.5 Å². The Morgan fingerprint density at radius 1 is 1.12 bits per heavy atom. The van der Waals surface area contributed by atoms with Gasteiger partial charge in [-0.25, -0.2) is 4.79 Å². The van der Waals surface area contributed by atoms with Gasteiger partial charge in [0.15, 0.2) is 6.10 Å². The van der Waals surface area contributed by atoms with Crippen LogP contribution in [0.15, 0.2) is 30.5 Å². The number of para-hydroxylation sites is 1. The van der Waals surface area contributed by atoms with E-state index in [1.54, 1.807) is 6.20 Å². The predicted molar refractivity (Wildman–Crippen MR) is 82.4 cm³/mol. The third-order valence-electron chi connectivity index (χ3n) is 4.07. The molecule has 9 nitrogen and oxygen atoms in total. The molecule has 9 heteroatoms. The summed E-state index contributed by atoms with van der Waals surface area (Å²) in [6.07, 6.45) is -7.44. The zero-order valence-corrected chi connectivity index (χ0v) is 12.9. The van der Waals surface area contributed by atoms with E-state index in [0.29, 0.717) is 5.56 Å². The largest absolute Gasteiger partial charge is 0.479 e. The Bertz CT molecular complexity index is 787. The quantitative estimate of drug-likeness (QED) is 0.447. The van der Waals surface area contributed by atoms with Crippen LogP contribution in [0.3, 0.4) is 0 Å². The van der Waals surface area contributed by atoms with Crippen molar-refractivity contribution in [3.63, 3.8) is 0 Å². The van der Waals surface area contributed by atoms with E-state index in [-0.39, 0.29) is 6.42 Å². The second-order valence-electron chi connectivity index (χ2n) is 5.76. The Kier molecular flexibility index (Phi) is 4.73. The van der Waals surface area contributed by atoms with Gasteiger partial charge in [0.2, 0.25) is 6.29 Å². The number of carbonyl (C=O) groups is 2.